The molecular formula is C14H19NO5S. The van der Waals surface area contributed by atoms with Crippen LogP contribution in [0, 0.1) is 0 Å². The van der Waals surface area contributed by atoms with Gasteiger partial charge in [-0.1, -0.05) is 12.1 Å². The van der Waals surface area contributed by atoms with Gasteiger partial charge in [0, 0.05) is 6.04 Å². The second-order valence-electron chi connectivity index (χ2n) is 5.38. The van der Waals surface area contributed by atoms with Crippen LogP contribution in [0.25, 0.3) is 0 Å². The predicted molar refractivity (Wildman–Crippen MR) is 77.4 cm³/mol. The fraction of sp³-hybridized carbons (Fsp3) is 0.500. The molecule has 21 heavy (non-hydrogen) atoms. The van der Waals surface area contributed by atoms with E-state index in [0.717, 1.165) is 0 Å². The van der Waals surface area contributed by atoms with Crippen molar-refractivity contribution in [3.05, 3.63) is 35.4 Å². The Morgan fingerprint density at radius 3 is 2.24 bits per heavy atom. The van der Waals surface area contributed by atoms with Crippen molar-refractivity contribution in [2.75, 3.05) is 0 Å². The Balaban J connectivity index is 1.95. The van der Waals surface area contributed by atoms with E-state index in [1.54, 1.807) is 0 Å². The molecule has 1 aliphatic carbocycles. The van der Waals surface area contributed by atoms with Gasteiger partial charge in [-0.25, -0.2) is 17.9 Å². The van der Waals surface area contributed by atoms with Gasteiger partial charge in [-0.2, -0.15) is 0 Å². The first-order chi connectivity index (χ1) is 9.85. The minimum atomic E-state index is -3.46. The lowest BCUT2D eigenvalue weighted by Gasteiger charge is -2.25. The van der Waals surface area contributed by atoms with Crippen molar-refractivity contribution < 1.29 is 23.4 Å². The van der Waals surface area contributed by atoms with Gasteiger partial charge < -0.3 is 10.2 Å². The monoisotopic (exact) mass is 313 g/mol. The highest BCUT2D eigenvalue weighted by Crippen LogP contribution is 2.19. The molecule has 1 aromatic carbocycles. The summed E-state index contributed by atoms with van der Waals surface area (Å²) < 4.78 is 26.8. The zero-order valence-electron chi connectivity index (χ0n) is 11.5. The van der Waals surface area contributed by atoms with Crippen LogP contribution in [0.2, 0.25) is 0 Å². The number of aromatic carboxylic acids is 1. The summed E-state index contributed by atoms with van der Waals surface area (Å²) >= 11 is 0. The summed E-state index contributed by atoms with van der Waals surface area (Å²) in [6.07, 6.45) is 2.17. The van der Waals surface area contributed by atoms with Crippen LogP contribution in [0.5, 0.6) is 0 Å². The molecule has 0 aromatic heterocycles. The highest BCUT2D eigenvalue weighted by Gasteiger charge is 2.23. The molecule has 116 valence electrons. The molecule has 1 aliphatic rings. The van der Waals surface area contributed by atoms with Crippen molar-refractivity contribution in [2.45, 2.75) is 43.6 Å². The van der Waals surface area contributed by atoms with E-state index in [4.69, 9.17) is 5.11 Å². The highest BCUT2D eigenvalue weighted by atomic mass is 32.2. The smallest absolute Gasteiger partial charge is 0.335 e. The number of carboxylic acid groups (broad SMARTS) is 1. The number of hydrogen-bond donors (Lipinski definition) is 3. The molecule has 1 fully saturated rings. The lowest BCUT2D eigenvalue weighted by atomic mass is 9.94. The van der Waals surface area contributed by atoms with E-state index in [2.05, 4.69) is 4.72 Å². The van der Waals surface area contributed by atoms with Crippen molar-refractivity contribution in [3.8, 4) is 0 Å². The summed E-state index contributed by atoms with van der Waals surface area (Å²) in [6.45, 7) is 0. The van der Waals surface area contributed by atoms with E-state index >= 15 is 0 Å². The number of nitrogens with one attached hydrogen (secondary N) is 1. The van der Waals surface area contributed by atoms with Gasteiger partial charge in [0.25, 0.3) is 0 Å². The Morgan fingerprint density at radius 2 is 1.71 bits per heavy atom. The maximum atomic E-state index is 12.1. The Bertz CT molecular complexity index is 588. The van der Waals surface area contributed by atoms with Crippen LogP contribution in [0.3, 0.4) is 0 Å². The molecule has 3 N–H and O–H groups in total. The first-order valence-electron chi connectivity index (χ1n) is 6.86. The van der Waals surface area contributed by atoms with Crippen LogP contribution in [0.15, 0.2) is 24.3 Å². The number of rotatable bonds is 5. The molecule has 0 radical (unpaired) electrons. The minimum Gasteiger partial charge on any atom is -0.478 e. The second-order valence-corrected chi connectivity index (χ2v) is 7.14. The third-order valence-corrected chi connectivity index (χ3v) is 5.01. The van der Waals surface area contributed by atoms with Gasteiger partial charge in [-0.3, -0.25) is 0 Å². The van der Waals surface area contributed by atoms with Crippen LogP contribution in [-0.4, -0.2) is 36.7 Å². The first-order valence-corrected chi connectivity index (χ1v) is 8.51. The summed E-state index contributed by atoms with van der Waals surface area (Å²) in [6, 6.07) is 5.67. The average Bonchev–Trinajstić information content (AvgIpc) is 2.41. The minimum absolute atomic E-state index is 0.128. The van der Waals surface area contributed by atoms with Gasteiger partial charge in [0.1, 0.15) is 0 Å². The number of benzene rings is 1. The molecule has 0 unspecified atom stereocenters. The molecule has 0 heterocycles. The van der Waals surface area contributed by atoms with Crippen LogP contribution in [0.1, 0.15) is 41.6 Å². The number of aliphatic hydroxyl groups is 1. The van der Waals surface area contributed by atoms with Crippen LogP contribution < -0.4 is 4.72 Å². The molecule has 2 rings (SSSR count). The van der Waals surface area contributed by atoms with E-state index in [1.165, 1.54) is 24.3 Å². The molecular weight excluding hydrogens is 294 g/mol. The summed E-state index contributed by atoms with van der Waals surface area (Å²) in [7, 11) is -3.46. The molecule has 1 aromatic rings. The SMILES string of the molecule is O=C(O)c1ccc(CS(=O)(=O)NC2CCC(O)CC2)cc1. The summed E-state index contributed by atoms with van der Waals surface area (Å²) in [4.78, 5) is 10.7. The molecule has 7 heteroatoms. The van der Waals surface area contributed by atoms with Gasteiger partial charge in [0.2, 0.25) is 10.0 Å². The van der Waals surface area contributed by atoms with E-state index in [1.807, 2.05) is 0 Å². The average molecular weight is 313 g/mol. The standard InChI is InChI=1S/C14H19NO5S/c16-13-7-5-12(6-8-13)15-21(19,20)9-10-1-3-11(4-2-10)14(17)18/h1-4,12-13,15-16H,5-9H2,(H,17,18). The van der Waals surface area contributed by atoms with E-state index in [9.17, 15) is 18.3 Å². The summed E-state index contributed by atoms with van der Waals surface area (Å²) in [5, 5.41) is 18.2. The number of carboxylic acids is 1. The number of aliphatic hydroxyl groups excluding tert-OH is 1. The molecule has 0 aliphatic heterocycles. The van der Waals surface area contributed by atoms with Gasteiger partial charge in [-0.05, 0) is 43.4 Å². The third-order valence-electron chi connectivity index (χ3n) is 3.60. The number of hydrogen-bond acceptors (Lipinski definition) is 4. The van der Waals surface area contributed by atoms with E-state index in [-0.39, 0.29) is 23.5 Å². The fourth-order valence-corrected chi connectivity index (χ4v) is 3.91. The molecule has 0 spiro atoms. The van der Waals surface area contributed by atoms with Crippen LogP contribution in [-0.2, 0) is 15.8 Å². The Labute approximate surface area is 123 Å². The molecule has 0 bridgehead atoms. The zero-order chi connectivity index (χ0) is 15.5. The predicted octanol–water partition coefficient (Wildman–Crippen LogP) is 1.11. The Kier molecular flexibility index (Phi) is 4.97. The molecule has 0 saturated heterocycles. The van der Waals surface area contributed by atoms with Crippen molar-refractivity contribution in [3.63, 3.8) is 0 Å². The topological polar surface area (TPSA) is 104 Å². The van der Waals surface area contributed by atoms with Gasteiger partial charge >= 0.3 is 5.97 Å². The lowest BCUT2D eigenvalue weighted by molar-refractivity contribution is 0.0697. The molecule has 6 nitrogen and oxygen atoms in total. The van der Waals surface area contributed by atoms with Crippen molar-refractivity contribution in [1.29, 1.82) is 0 Å². The number of sulfonamides is 1. The Morgan fingerprint density at radius 1 is 1.14 bits per heavy atom. The first kappa shape index (κ1) is 15.9. The molecule has 0 atom stereocenters. The highest BCUT2D eigenvalue weighted by molar-refractivity contribution is 7.88. The Hall–Kier alpha value is -1.44. The third kappa shape index (κ3) is 4.80. The largest absolute Gasteiger partial charge is 0.478 e. The quantitative estimate of drug-likeness (QED) is 0.755. The van der Waals surface area contributed by atoms with Crippen molar-refractivity contribution in [2.24, 2.45) is 0 Å². The van der Waals surface area contributed by atoms with Gasteiger partial charge in [0.05, 0.1) is 17.4 Å². The number of carbonyl (C=O) groups is 1. The fourth-order valence-electron chi connectivity index (χ4n) is 2.45. The summed E-state index contributed by atoms with van der Waals surface area (Å²) in [5.41, 5.74) is 0.675. The van der Waals surface area contributed by atoms with Crippen LogP contribution in [0.4, 0.5) is 0 Å². The maximum absolute atomic E-state index is 12.1. The van der Waals surface area contributed by atoms with E-state index in [0.29, 0.717) is 31.2 Å². The molecule has 1 saturated carbocycles. The van der Waals surface area contributed by atoms with Gasteiger partial charge in [-0.15, -0.1) is 0 Å². The van der Waals surface area contributed by atoms with Crippen molar-refractivity contribution in [1.82, 2.24) is 4.72 Å². The zero-order valence-corrected chi connectivity index (χ0v) is 12.3. The lowest BCUT2D eigenvalue weighted by Crippen LogP contribution is -2.39. The van der Waals surface area contributed by atoms with E-state index < -0.39 is 16.0 Å². The summed E-state index contributed by atoms with van der Waals surface area (Å²) in [5.74, 6) is -1.21. The van der Waals surface area contributed by atoms with Crippen molar-refractivity contribution >= 4 is 16.0 Å². The van der Waals surface area contributed by atoms with Gasteiger partial charge in [0.15, 0.2) is 0 Å². The van der Waals surface area contributed by atoms with Crippen LogP contribution >= 0.6 is 0 Å². The maximum Gasteiger partial charge on any atom is 0.335 e. The normalized spacial score (nSPS) is 22.9. The second kappa shape index (κ2) is 6.55. The molecule has 0 amide bonds.